The zero-order valence-corrected chi connectivity index (χ0v) is 13.1. The second-order valence-corrected chi connectivity index (χ2v) is 6.16. The van der Waals surface area contributed by atoms with Gasteiger partial charge in [-0.1, -0.05) is 0 Å². The summed E-state index contributed by atoms with van der Waals surface area (Å²) in [7, 11) is 1.71. The van der Waals surface area contributed by atoms with E-state index < -0.39 is 0 Å². The lowest BCUT2D eigenvalue weighted by Crippen LogP contribution is -2.47. The largest absolute Gasteiger partial charge is 0.354 e. The molecule has 0 fully saturated rings. The van der Waals surface area contributed by atoms with Gasteiger partial charge in [0.05, 0.1) is 6.54 Å². The minimum Gasteiger partial charge on any atom is -0.354 e. The number of carbonyl (C=O) groups is 1. The van der Waals surface area contributed by atoms with Crippen LogP contribution < -0.4 is 10.6 Å². The number of guanidine groups is 1. The van der Waals surface area contributed by atoms with E-state index in [4.69, 9.17) is 0 Å². The van der Waals surface area contributed by atoms with Gasteiger partial charge in [0.15, 0.2) is 5.96 Å². The van der Waals surface area contributed by atoms with E-state index in [0.29, 0.717) is 12.0 Å². The Hall–Kier alpha value is -1.56. The predicted octanol–water partition coefficient (Wildman–Crippen LogP) is 1.21. The standard InChI is InChI=1S/C14H22N4OS/c1-10(2)17-14(15-3)16-8-13(19)18-6-4-12-11(9-18)5-7-20-12/h5,7,10H,4,6,8-9H2,1-3H3,(H2,15,16,17). The molecule has 0 aromatic carbocycles. The lowest BCUT2D eigenvalue weighted by Gasteiger charge is -2.27. The van der Waals surface area contributed by atoms with E-state index in [1.165, 1.54) is 10.4 Å². The summed E-state index contributed by atoms with van der Waals surface area (Å²) in [6.45, 7) is 5.90. The number of carbonyl (C=O) groups excluding carboxylic acids is 1. The summed E-state index contributed by atoms with van der Waals surface area (Å²) in [6.07, 6.45) is 0.970. The van der Waals surface area contributed by atoms with Crippen LogP contribution in [0.25, 0.3) is 0 Å². The van der Waals surface area contributed by atoms with Crippen molar-refractivity contribution < 1.29 is 4.79 Å². The average molecular weight is 294 g/mol. The molecule has 0 aliphatic carbocycles. The molecule has 2 N–H and O–H groups in total. The number of amides is 1. The summed E-state index contributed by atoms with van der Waals surface area (Å²) in [6, 6.07) is 2.41. The molecule has 1 aromatic rings. The molecule has 0 bridgehead atoms. The molecule has 5 nitrogen and oxygen atoms in total. The van der Waals surface area contributed by atoms with Crippen LogP contribution in [0.15, 0.2) is 16.4 Å². The van der Waals surface area contributed by atoms with E-state index >= 15 is 0 Å². The monoisotopic (exact) mass is 294 g/mol. The summed E-state index contributed by atoms with van der Waals surface area (Å²) in [4.78, 5) is 19.6. The molecule has 1 amide bonds. The van der Waals surface area contributed by atoms with E-state index in [1.807, 2.05) is 18.7 Å². The van der Waals surface area contributed by atoms with Crippen molar-refractivity contribution in [1.82, 2.24) is 15.5 Å². The quantitative estimate of drug-likeness (QED) is 0.651. The number of rotatable bonds is 3. The van der Waals surface area contributed by atoms with Gasteiger partial charge in [0, 0.05) is 31.1 Å². The smallest absolute Gasteiger partial charge is 0.242 e. The second kappa shape index (κ2) is 6.74. The van der Waals surface area contributed by atoms with Crippen LogP contribution in [0.3, 0.4) is 0 Å². The number of hydrogen-bond donors (Lipinski definition) is 2. The number of aliphatic imine (C=N–C) groups is 1. The first-order valence-corrected chi connectivity index (χ1v) is 7.78. The molecular formula is C14H22N4OS. The average Bonchev–Trinajstić information content (AvgIpc) is 2.89. The fourth-order valence-electron chi connectivity index (χ4n) is 2.20. The molecule has 2 heterocycles. The highest BCUT2D eigenvalue weighted by Gasteiger charge is 2.21. The van der Waals surface area contributed by atoms with Crippen LogP contribution in [0.4, 0.5) is 0 Å². The molecule has 20 heavy (non-hydrogen) atoms. The zero-order chi connectivity index (χ0) is 14.5. The molecule has 0 spiro atoms. The molecule has 0 unspecified atom stereocenters. The van der Waals surface area contributed by atoms with Gasteiger partial charge in [0.25, 0.3) is 0 Å². The van der Waals surface area contributed by atoms with E-state index in [-0.39, 0.29) is 12.5 Å². The molecule has 6 heteroatoms. The van der Waals surface area contributed by atoms with Crippen LogP contribution in [0.5, 0.6) is 0 Å². The van der Waals surface area contributed by atoms with E-state index in [9.17, 15) is 4.79 Å². The van der Waals surface area contributed by atoms with Crippen LogP contribution >= 0.6 is 11.3 Å². The van der Waals surface area contributed by atoms with Crippen LogP contribution in [-0.4, -0.2) is 42.9 Å². The van der Waals surface area contributed by atoms with Crippen molar-refractivity contribution in [2.45, 2.75) is 32.9 Å². The summed E-state index contributed by atoms with van der Waals surface area (Å²) >= 11 is 1.79. The molecule has 1 aliphatic heterocycles. The summed E-state index contributed by atoms with van der Waals surface area (Å²) in [5.74, 6) is 0.787. The van der Waals surface area contributed by atoms with E-state index in [1.54, 1.807) is 18.4 Å². The minimum atomic E-state index is 0.119. The summed E-state index contributed by atoms with van der Waals surface area (Å²) in [5, 5.41) is 8.34. The zero-order valence-electron chi connectivity index (χ0n) is 12.3. The molecule has 0 saturated carbocycles. The Morgan fingerprint density at radius 2 is 2.35 bits per heavy atom. The van der Waals surface area contributed by atoms with Crippen LogP contribution in [0, 0.1) is 0 Å². The first kappa shape index (κ1) is 14.8. The topological polar surface area (TPSA) is 56.7 Å². The molecule has 0 radical (unpaired) electrons. The predicted molar refractivity (Wildman–Crippen MR) is 83.1 cm³/mol. The van der Waals surface area contributed by atoms with Gasteiger partial charge in [-0.25, -0.2) is 0 Å². The van der Waals surface area contributed by atoms with Gasteiger partial charge < -0.3 is 15.5 Å². The summed E-state index contributed by atoms with van der Waals surface area (Å²) in [5.41, 5.74) is 1.29. The Morgan fingerprint density at radius 3 is 3.05 bits per heavy atom. The third kappa shape index (κ3) is 3.72. The van der Waals surface area contributed by atoms with Crippen molar-refractivity contribution in [1.29, 1.82) is 0 Å². The molecule has 110 valence electrons. The summed E-state index contributed by atoms with van der Waals surface area (Å²) < 4.78 is 0. The van der Waals surface area contributed by atoms with Crippen LogP contribution in [0.1, 0.15) is 24.3 Å². The molecular weight excluding hydrogens is 272 g/mol. The van der Waals surface area contributed by atoms with Crippen molar-refractivity contribution in [2.24, 2.45) is 4.99 Å². The highest BCUT2D eigenvalue weighted by molar-refractivity contribution is 7.10. The van der Waals surface area contributed by atoms with Crippen molar-refractivity contribution >= 4 is 23.2 Å². The second-order valence-electron chi connectivity index (χ2n) is 5.16. The number of nitrogens with one attached hydrogen (secondary N) is 2. The highest BCUT2D eigenvalue weighted by Crippen LogP contribution is 2.23. The molecule has 2 rings (SSSR count). The van der Waals surface area contributed by atoms with Gasteiger partial charge in [-0.3, -0.25) is 9.79 Å². The molecule has 0 saturated heterocycles. The van der Waals surface area contributed by atoms with Gasteiger partial charge in [0.2, 0.25) is 5.91 Å². The van der Waals surface area contributed by atoms with Crippen molar-refractivity contribution in [3.63, 3.8) is 0 Å². The molecule has 0 atom stereocenters. The van der Waals surface area contributed by atoms with Crippen molar-refractivity contribution in [3.8, 4) is 0 Å². The van der Waals surface area contributed by atoms with Crippen LogP contribution in [0.2, 0.25) is 0 Å². The van der Waals surface area contributed by atoms with Crippen LogP contribution in [-0.2, 0) is 17.8 Å². The van der Waals surface area contributed by atoms with Crippen molar-refractivity contribution in [3.05, 3.63) is 21.9 Å². The Kier molecular flexibility index (Phi) is 5.00. The SMILES string of the molecule is CN=C(NCC(=O)N1CCc2sccc2C1)NC(C)C. The van der Waals surface area contributed by atoms with Gasteiger partial charge in [-0.05, 0) is 37.3 Å². The third-order valence-electron chi connectivity index (χ3n) is 3.22. The maximum atomic E-state index is 12.2. The number of nitrogens with zero attached hydrogens (tertiary/aromatic N) is 2. The van der Waals surface area contributed by atoms with E-state index in [2.05, 4.69) is 27.1 Å². The lowest BCUT2D eigenvalue weighted by molar-refractivity contribution is -0.130. The van der Waals surface area contributed by atoms with Crippen molar-refractivity contribution in [2.75, 3.05) is 20.1 Å². The highest BCUT2D eigenvalue weighted by atomic mass is 32.1. The molecule has 1 aliphatic rings. The maximum Gasteiger partial charge on any atom is 0.242 e. The Labute approximate surface area is 124 Å². The first-order valence-electron chi connectivity index (χ1n) is 6.90. The fraction of sp³-hybridized carbons (Fsp3) is 0.571. The molecule has 1 aromatic heterocycles. The Bertz CT molecular complexity index is 495. The lowest BCUT2D eigenvalue weighted by atomic mass is 10.1. The normalized spacial score (nSPS) is 15.2. The Morgan fingerprint density at radius 1 is 1.55 bits per heavy atom. The first-order chi connectivity index (χ1) is 9.60. The van der Waals surface area contributed by atoms with Gasteiger partial charge in [-0.2, -0.15) is 0 Å². The van der Waals surface area contributed by atoms with Gasteiger partial charge in [0.1, 0.15) is 0 Å². The fourth-order valence-corrected chi connectivity index (χ4v) is 3.09. The minimum absolute atomic E-state index is 0.119. The number of fused-ring (bicyclic) bond motifs is 1. The van der Waals surface area contributed by atoms with Gasteiger partial charge >= 0.3 is 0 Å². The Balaban J connectivity index is 1.84. The maximum absolute atomic E-state index is 12.2. The van der Waals surface area contributed by atoms with E-state index in [0.717, 1.165) is 19.5 Å². The number of hydrogen-bond acceptors (Lipinski definition) is 3. The third-order valence-corrected chi connectivity index (χ3v) is 4.24. The van der Waals surface area contributed by atoms with Gasteiger partial charge in [-0.15, -0.1) is 11.3 Å². The number of thiophene rings is 1.